The lowest BCUT2D eigenvalue weighted by molar-refractivity contribution is -0.873. The summed E-state index contributed by atoms with van der Waals surface area (Å²) in [7, 11) is 1.10. The van der Waals surface area contributed by atoms with Gasteiger partial charge in [-0.3, -0.25) is 8.63 Å². The first-order chi connectivity index (χ1) is 18.6. The summed E-state index contributed by atoms with van der Waals surface area (Å²) in [6.07, 6.45) is 5.35. The second kappa shape index (κ2) is 16.7. The maximum atomic E-state index is 12.2. The van der Waals surface area contributed by atoms with E-state index in [1.54, 1.807) is 14.1 Å². The van der Waals surface area contributed by atoms with E-state index in [0.717, 1.165) is 22.3 Å². The van der Waals surface area contributed by atoms with Crippen LogP contribution in [0.25, 0.3) is 21.6 Å². The van der Waals surface area contributed by atoms with Gasteiger partial charge < -0.3 is 24.3 Å². The second-order valence-corrected chi connectivity index (χ2v) is 9.68. The number of quaternary nitrogens is 1. The van der Waals surface area contributed by atoms with Gasteiger partial charge in [-0.15, -0.1) is 6.42 Å². The first-order valence-electron chi connectivity index (χ1n) is 12.5. The predicted octanol–water partition coefficient (Wildman–Crippen LogP) is 2.13. The molecule has 0 heterocycles. The standard InChI is InChI=1S/C21H22N4O4.C6H11BF2N.FH/c22-25-23-12-6-5-11-19(20(26)27)24-21(28)29-13-18-16-9-3-1-7-14(16)15-8-2-4-10-17(15)18;1-4-5-10(2,3)6-7(8)9;/h1-4,7-10,18-19H,5-6,11-13H2,(H,24,28)(H,26,27);1H,5-6H2,2-3H3;1H/q;+1;/p-1/t19-;;/m0../s1. The molecule has 0 bridgehead atoms. The van der Waals surface area contributed by atoms with Gasteiger partial charge in [-0.25, -0.2) is 9.59 Å². The number of halogens is 3. The largest absolute Gasteiger partial charge is 1.00 e. The Morgan fingerprint density at radius 3 is 2.25 bits per heavy atom. The molecule has 214 valence electrons. The molecule has 2 aromatic rings. The molecular weight excluding hydrogens is 526 g/mol. The Balaban J connectivity index is 0.000000624. The number of nitrogens with one attached hydrogen (secondary N) is 1. The number of carbonyl (C=O) groups excluding carboxylic acids is 1. The normalized spacial score (nSPS) is 12.1. The minimum atomic E-state index is -2.27. The number of amides is 1. The fourth-order valence-corrected chi connectivity index (χ4v) is 4.30. The number of ether oxygens (including phenoxy) is 1. The van der Waals surface area contributed by atoms with Crippen molar-refractivity contribution in [3.8, 4) is 23.5 Å². The van der Waals surface area contributed by atoms with Gasteiger partial charge in [0.1, 0.15) is 25.6 Å². The molecule has 1 atom stereocenters. The summed E-state index contributed by atoms with van der Waals surface area (Å²) in [6.45, 7) is 0.779. The van der Waals surface area contributed by atoms with Gasteiger partial charge >= 0.3 is 19.3 Å². The van der Waals surface area contributed by atoms with E-state index in [1.807, 2.05) is 48.5 Å². The van der Waals surface area contributed by atoms with Gasteiger partial charge in [0.05, 0.1) is 14.1 Å². The van der Waals surface area contributed by atoms with Crippen molar-refractivity contribution in [3.05, 3.63) is 70.1 Å². The molecule has 0 spiro atoms. The number of unbranched alkanes of at least 4 members (excludes halogenated alkanes) is 1. The van der Waals surface area contributed by atoms with E-state index in [1.165, 1.54) is 0 Å². The van der Waals surface area contributed by atoms with Crippen LogP contribution in [0.3, 0.4) is 0 Å². The third-order valence-electron chi connectivity index (χ3n) is 6.15. The number of hydrogen-bond acceptors (Lipinski definition) is 4. The molecule has 9 nitrogen and oxygen atoms in total. The number of benzene rings is 2. The van der Waals surface area contributed by atoms with Crippen LogP contribution in [-0.4, -0.2) is 75.2 Å². The number of rotatable bonds is 12. The molecule has 0 unspecified atom stereocenters. The molecule has 0 aromatic heterocycles. The summed E-state index contributed by atoms with van der Waals surface area (Å²) >= 11 is 0. The van der Waals surface area contributed by atoms with Gasteiger partial charge in [0, 0.05) is 17.4 Å². The molecule has 2 aromatic carbocycles. The van der Waals surface area contributed by atoms with Crippen molar-refractivity contribution in [3.63, 3.8) is 0 Å². The Bertz CT molecular complexity index is 1170. The minimum Gasteiger partial charge on any atom is -1.00 e. The van der Waals surface area contributed by atoms with E-state index >= 15 is 0 Å². The number of azide groups is 1. The summed E-state index contributed by atoms with van der Waals surface area (Å²) in [6, 6.07) is 14.9. The van der Waals surface area contributed by atoms with Crippen molar-refractivity contribution in [2.45, 2.75) is 31.2 Å². The third-order valence-corrected chi connectivity index (χ3v) is 6.15. The Morgan fingerprint density at radius 2 is 1.75 bits per heavy atom. The number of carboxylic acid groups (broad SMARTS) is 1. The zero-order valence-corrected chi connectivity index (χ0v) is 22.5. The molecule has 3 rings (SSSR count). The zero-order chi connectivity index (χ0) is 28.8. The summed E-state index contributed by atoms with van der Waals surface area (Å²) in [5.41, 5.74) is 12.7. The van der Waals surface area contributed by atoms with Gasteiger partial charge in [-0.2, -0.15) is 0 Å². The maximum absolute atomic E-state index is 12.2. The van der Waals surface area contributed by atoms with Crippen LogP contribution in [-0.2, 0) is 9.53 Å². The van der Waals surface area contributed by atoms with Gasteiger partial charge in [0.2, 0.25) is 0 Å². The topological polar surface area (TPSA) is 124 Å². The summed E-state index contributed by atoms with van der Waals surface area (Å²) < 4.78 is 29.1. The predicted molar refractivity (Wildman–Crippen MR) is 146 cm³/mol. The van der Waals surface area contributed by atoms with Crippen molar-refractivity contribution >= 4 is 19.3 Å². The Hall–Kier alpha value is -4.14. The first-order valence-corrected chi connectivity index (χ1v) is 12.5. The molecular formula is C27H33BF3N5O4. The van der Waals surface area contributed by atoms with Crippen LogP contribution in [0.1, 0.15) is 36.3 Å². The van der Waals surface area contributed by atoms with Gasteiger partial charge in [0.15, 0.2) is 0 Å². The SMILES string of the molecule is C#CC[N+](C)(C)CB(F)F.[F-].[N-]=[N+]=NCCCC[C@H](NC(=O)OCC1c2ccccc2-c2ccccc21)C(=O)O. The highest BCUT2D eigenvalue weighted by atomic mass is 19.2. The van der Waals surface area contributed by atoms with Crippen molar-refractivity contribution < 1.29 is 37.3 Å². The lowest BCUT2D eigenvalue weighted by atomic mass is 9.97. The van der Waals surface area contributed by atoms with Crippen molar-refractivity contribution in [2.75, 3.05) is 40.2 Å². The highest BCUT2D eigenvalue weighted by Gasteiger charge is 2.30. The summed E-state index contributed by atoms with van der Waals surface area (Å²) in [4.78, 5) is 26.2. The molecule has 0 saturated carbocycles. The molecule has 0 fully saturated rings. The highest BCUT2D eigenvalue weighted by Crippen LogP contribution is 2.44. The van der Waals surface area contributed by atoms with Gasteiger partial charge in [-0.1, -0.05) is 60.1 Å². The van der Waals surface area contributed by atoms with Crippen LogP contribution in [0.2, 0.25) is 0 Å². The Labute approximate surface area is 232 Å². The molecule has 40 heavy (non-hydrogen) atoms. The number of alkyl carbamates (subject to hydrolysis) is 1. The molecule has 0 aliphatic heterocycles. The van der Waals surface area contributed by atoms with Crippen LogP contribution >= 0.6 is 0 Å². The molecule has 1 aliphatic carbocycles. The molecule has 0 radical (unpaired) electrons. The van der Waals surface area contributed by atoms with Crippen molar-refractivity contribution in [1.82, 2.24) is 5.32 Å². The van der Waals surface area contributed by atoms with E-state index in [-0.39, 0.29) is 34.6 Å². The van der Waals surface area contributed by atoms with Gasteiger partial charge in [-0.05, 0) is 46.5 Å². The number of aliphatic carboxylic acids is 1. The smallest absolute Gasteiger partial charge is 0.592 e. The van der Waals surface area contributed by atoms with Crippen LogP contribution in [0.5, 0.6) is 0 Å². The van der Waals surface area contributed by atoms with E-state index in [0.29, 0.717) is 25.9 Å². The molecule has 1 amide bonds. The highest BCUT2D eigenvalue weighted by molar-refractivity contribution is 6.42. The first kappa shape index (κ1) is 33.9. The lowest BCUT2D eigenvalue weighted by Crippen LogP contribution is -3.00. The fourth-order valence-electron chi connectivity index (χ4n) is 4.30. The zero-order valence-electron chi connectivity index (χ0n) is 22.5. The van der Waals surface area contributed by atoms with Gasteiger partial charge in [0.25, 0.3) is 0 Å². The molecule has 2 N–H and O–H groups in total. The summed E-state index contributed by atoms with van der Waals surface area (Å²) in [5, 5.41) is 15.1. The number of carboxylic acids is 1. The molecule has 0 saturated heterocycles. The lowest BCUT2D eigenvalue weighted by Gasteiger charge is -2.25. The fraction of sp³-hybridized carbons (Fsp3) is 0.407. The number of terminal acetylenes is 1. The molecule has 13 heteroatoms. The average Bonchev–Trinajstić information content (AvgIpc) is 3.20. The monoisotopic (exact) mass is 559 g/mol. The van der Waals surface area contributed by atoms with Crippen molar-refractivity contribution in [2.24, 2.45) is 5.11 Å². The van der Waals surface area contributed by atoms with Crippen LogP contribution < -0.4 is 10.0 Å². The van der Waals surface area contributed by atoms with Crippen LogP contribution in [0.4, 0.5) is 13.4 Å². The number of carbonyl (C=O) groups is 2. The molecule has 1 aliphatic rings. The Kier molecular flexibility index (Phi) is 14.2. The van der Waals surface area contributed by atoms with Crippen molar-refractivity contribution in [1.29, 1.82) is 0 Å². The van der Waals surface area contributed by atoms with Crippen LogP contribution in [0, 0.1) is 12.3 Å². The number of fused-ring (bicyclic) bond motifs is 3. The third kappa shape index (κ3) is 10.6. The van der Waals surface area contributed by atoms with E-state index in [4.69, 9.17) is 16.7 Å². The average molecular weight is 559 g/mol. The Morgan fingerprint density at radius 1 is 1.18 bits per heavy atom. The minimum absolute atomic E-state index is 0. The van der Waals surface area contributed by atoms with E-state index in [9.17, 15) is 23.3 Å². The number of nitrogens with zero attached hydrogens (tertiary/aromatic N) is 4. The second-order valence-electron chi connectivity index (χ2n) is 9.68. The maximum Gasteiger partial charge on any atom is 0.592 e. The number of hydrogen-bond donors (Lipinski definition) is 2. The van der Waals surface area contributed by atoms with E-state index in [2.05, 4.69) is 21.3 Å². The quantitative estimate of drug-likeness (QED) is 0.0787. The van der Waals surface area contributed by atoms with Crippen LogP contribution in [0.15, 0.2) is 53.6 Å². The van der Waals surface area contributed by atoms with E-state index < -0.39 is 25.4 Å². The summed E-state index contributed by atoms with van der Waals surface area (Å²) in [5.74, 6) is 1.15.